The molecule has 2 atom stereocenters. The molecule has 12 nitrogen and oxygen atoms in total. The fourth-order valence-corrected chi connectivity index (χ4v) is 4.39. The molecule has 0 fully saturated rings. The van der Waals surface area contributed by atoms with E-state index in [1.807, 2.05) is 26.0 Å². The molecule has 0 radical (unpaired) electrons. The van der Waals surface area contributed by atoms with E-state index in [1.54, 1.807) is 18.5 Å². The Balaban J connectivity index is 1.80. The third-order valence-electron chi connectivity index (χ3n) is 6.02. The first-order valence-electron chi connectivity index (χ1n) is 13.1. The molecule has 0 aliphatic rings. The summed E-state index contributed by atoms with van der Waals surface area (Å²) < 4.78 is 15.7. The van der Waals surface area contributed by atoms with Crippen LogP contribution in [0, 0.1) is 17.2 Å². The van der Waals surface area contributed by atoms with E-state index in [-0.39, 0.29) is 30.2 Å². The van der Waals surface area contributed by atoms with E-state index in [9.17, 15) is 18.9 Å². The summed E-state index contributed by atoms with van der Waals surface area (Å²) in [5.41, 5.74) is 1.94. The highest BCUT2D eigenvalue weighted by atomic mass is 31.2. The number of amides is 3. The van der Waals surface area contributed by atoms with Gasteiger partial charge in [0.05, 0.1) is 11.6 Å². The third-order valence-corrected chi connectivity index (χ3v) is 6.46. The first kappa shape index (κ1) is 32.0. The number of nitrogens with zero attached hydrogens (tertiary/aromatic N) is 2. The van der Waals surface area contributed by atoms with Crippen LogP contribution in [0.1, 0.15) is 47.3 Å². The summed E-state index contributed by atoms with van der Waals surface area (Å²) in [6.07, 6.45) is 3.59. The zero-order chi connectivity index (χ0) is 30.7. The fourth-order valence-electron chi connectivity index (χ4n) is 4.00. The molecule has 0 spiro atoms. The number of nitrogens with one attached hydrogen (secondary N) is 3. The summed E-state index contributed by atoms with van der Waals surface area (Å²) in [6, 6.07) is 15.1. The molecule has 42 heavy (non-hydrogen) atoms. The maximum absolute atomic E-state index is 13.6. The molecular formula is C29H32N5O7P. The van der Waals surface area contributed by atoms with E-state index < -0.39 is 37.6 Å². The fraction of sp³-hybridized carbons (Fsp3) is 0.276. The van der Waals surface area contributed by atoms with Gasteiger partial charge in [0.25, 0.3) is 5.91 Å². The summed E-state index contributed by atoms with van der Waals surface area (Å²) in [7, 11) is -4.75. The summed E-state index contributed by atoms with van der Waals surface area (Å²) >= 11 is 0. The van der Waals surface area contributed by atoms with Gasteiger partial charge in [-0.3, -0.25) is 29.2 Å². The molecule has 1 aromatic heterocycles. The lowest BCUT2D eigenvalue weighted by Crippen LogP contribution is -2.54. The molecule has 0 saturated heterocycles. The second kappa shape index (κ2) is 14.9. The van der Waals surface area contributed by atoms with Gasteiger partial charge in [-0.05, 0) is 65.9 Å². The normalized spacial score (nSPS) is 12.5. The lowest BCUT2D eigenvalue weighted by Gasteiger charge is -2.24. The molecule has 0 unspecified atom stereocenters. The summed E-state index contributed by atoms with van der Waals surface area (Å²) in [4.78, 5) is 61.8. The Morgan fingerprint density at radius 2 is 1.64 bits per heavy atom. The minimum Gasteiger partial charge on any atom is -0.404 e. The average molecular weight is 594 g/mol. The smallest absolute Gasteiger partial charge is 0.404 e. The number of phosphoric ester groups is 1. The van der Waals surface area contributed by atoms with Crippen LogP contribution in [0.4, 0.5) is 0 Å². The standard InChI is InChI=1S/C29H32N5O7P/c1-19(2)14-25(28(36)32-18-22-4-3-13-31-17-22)34-29(37)26(33-27(35)23-9-5-21(16-30)6-10-23)15-20-7-11-24(12-8-20)41-42(38,39)40/h3-13,17,19,25-26H,14-15,18H2,1-2H3,(H,32,36)(H,33,35)(H,34,37)(H2,38,39,40)/t25-,26-/m0/s1. The maximum Gasteiger partial charge on any atom is 0.524 e. The van der Waals surface area contributed by atoms with Gasteiger partial charge in [-0.1, -0.05) is 32.0 Å². The van der Waals surface area contributed by atoms with Crippen molar-refractivity contribution in [3.05, 3.63) is 95.3 Å². The van der Waals surface area contributed by atoms with Crippen LogP contribution in [0.15, 0.2) is 73.1 Å². The summed E-state index contributed by atoms with van der Waals surface area (Å²) in [6.45, 7) is 4.05. The van der Waals surface area contributed by atoms with Crippen molar-refractivity contribution in [1.82, 2.24) is 20.9 Å². The van der Waals surface area contributed by atoms with Crippen molar-refractivity contribution in [2.75, 3.05) is 0 Å². The lowest BCUT2D eigenvalue weighted by atomic mass is 10.0. The number of carbonyl (C=O) groups excluding carboxylic acids is 3. The van der Waals surface area contributed by atoms with Crippen molar-refractivity contribution >= 4 is 25.5 Å². The van der Waals surface area contributed by atoms with Crippen molar-refractivity contribution < 1.29 is 33.3 Å². The zero-order valence-corrected chi connectivity index (χ0v) is 24.0. The first-order chi connectivity index (χ1) is 19.9. The number of benzene rings is 2. The molecule has 0 bridgehead atoms. The van der Waals surface area contributed by atoms with Crippen LogP contribution in [-0.4, -0.2) is 44.6 Å². The minimum atomic E-state index is -4.75. The number of pyridine rings is 1. The number of aromatic nitrogens is 1. The molecule has 13 heteroatoms. The molecule has 3 aromatic rings. The Labute approximate surface area is 243 Å². The third kappa shape index (κ3) is 10.4. The number of rotatable bonds is 13. The lowest BCUT2D eigenvalue weighted by molar-refractivity contribution is -0.130. The van der Waals surface area contributed by atoms with E-state index in [1.165, 1.54) is 48.5 Å². The van der Waals surface area contributed by atoms with Crippen molar-refractivity contribution in [3.8, 4) is 11.8 Å². The molecule has 1 heterocycles. The van der Waals surface area contributed by atoms with Crippen LogP contribution < -0.4 is 20.5 Å². The van der Waals surface area contributed by atoms with Gasteiger partial charge >= 0.3 is 7.82 Å². The Kier molecular flexibility index (Phi) is 11.3. The quantitative estimate of drug-likeness (QED) is 0.185. The van der Waals surface area contributed by atoms with Gasteiger partial charge in [0.1, 0.15) is 17.8 Å². The number of nitriles is 1. The van der Waals surface area contributed by atoms with Crippen molar-refractivity contribution in [2.45, 2.75) is 45.3 Å². The SMILES string of the molecule is CC(C)C[C@H](NC(=O)[C@H](Cc1ccc(OP(=O)(O)O)cc1)NC(=O)c1ccc(C#N)cc1)C(=O)NCc1cccnc1. The first-order valence-corrected chi connectivity index (χ1v) is 14.6. The monoisotopic (exact) mass is 593 g/mol. The van der Waals surface area contributed by atoms with E-state index >= 15 is 0 Å². The predicted octanol–water partition coefficient (Wildman–Crippen LogP) is 2.61. The topological polar surface area (TPSA) is 191 Å². The predicted molar refractivity (Wildman–Crippen MR) is 153 cm³/mol. The molecule has 0 saturated carbocycles. The largest absolute Gasteiger partial charge is 0.524 e. The van der Waals surface area contributed by atoms with Crippen LogP contribution in [0.3, 0.4) is 0 Å². The highest BCUT2D eigenvalue weighted by Gasteiger charge is 2.28. The minimum absolute atomic E-state index is 0.00422. The highest BCUT2D eigenvalue weighted by molar-refractivity contribution is 7.46. The molecule has 220 valence electrons. The van der Waals surface area contributed by atoms with Gasteiger partial charge < -0.3 is 20.5 Å². The van der Waals surface area contributed by atoms with Gasteiger partial charge in [0.2, 0.25) is 11.8 Å². The van der Waals surface area contributed by atoms with Gasteiger partial charge in [0, 0.05) is 30.9 Å². The Morgan fingerprint density at radius 1 is 0.952 bits per heavy atom. The van der Waals surface area contributed by atoms with Crippen molar-refractivity contribution in [2.24, 2.45) is 5.92 Å². The van der Waals surface area contributed by atoms with Gasteiger partial charge in [-0.25, -0.2) is 4.57 Å². The summed E-state index contributed by atoms with van der Waals surface area (Å²) in [5.74, 6) is -1.57. The van der Waals surface area contributed by atoms with Gasteiger partial charge in [-0.2, -0.15) is 5.26 Å². The molecule has 3 rings (SSSR count). The molecule has 2 aromatic carbocycles. The van der Waals surface area contributed by atoms with E-state index in [0.717, 1.165) is 5.56 Å². The molecule has 3 amide bonds. The number of carbonyl (C=O) groups is 3. The summed E-state index contributed by atoms with van der Waals surface area (Å²) in [5, 5.41) is 17.3. The Morgan fingerprint density at radius 3 is 2.21 bits per heavy atom. The number of hydrogen-bond donors (Lipinski definition) is 5. The molecule has 5 N–H and O–H groups in total. The second-order valence-corrected chi connectivity index (χ2v) is 11.1. The van der Waals surface area contributed by atoms with Crippen LogP contribution in [-0.2, 0) is 27.1 Å². The van der Waals surface area contributed by atoms with Crippen molar-refractivity contribution in [1.29, 1.82) is 5.26 Å². The Bertz CT molecular complexity index is 1450. The second-order valence-electron chi connectivity index (χ2n) is 9.91. The van der Waals surface area contributed by atoms with Gasteiger partial charge in [0.15, 0.2) is 0 Å². The van der Waals surface area contributed by atoms with E-state index in [4.69, 9.17) is 15.0 Å². The van der Waals surface area contributed by atoms with E-state index in [0.29, 0.717) is 17.5 Å². The number of phosphoric acid groups is 1. The highest BCUT2D eigenvalue weighted by Crippen LogP contribution is 2.37. The van der Waals surface area contributed by atoms with Crippen LogP contribution in [0.25, 0.3) is 0 Å². The Hall–Kier alpha value is -4.56. The maximum atomic E-state index is 13.6. The zero-order valence-electron chi connectivity index (χ0n) is 23.1. The van der Waals surface area contributed by atoms with Crippen LogP contribution in [0.5, 0.6) is 5.75 Å². The van der Waals surface area contributed by atoms with Crippen molar-refractivity contribution in [3.63, 3.8) is 0 Å². The number of hydrogen-bond acceptors (Lipinski definition) is 7. The van der Waals surface area contributed by atoms with E-state index in [2.05, 4.69) is 25.5 Å². The molecule has 0 aliphatic carbocycles. The van der Waals surface area contributed by atoms with Crippen LogP contribution >= 0.6 is 7.82 Å². The van der Waals surface area contributed by atoms with Crippen LogP contribution in [0.2, 0.25) is 0 Å². The molecule has 0 aliphatic heterocycles. The molecular weight excluding hydrogens is 561 g/mol. The van der Waals surface area contributed by atoms with Gasteiger partial charge in [-0.15, -0.1) is 0 Å². The average Bonchev–Trinajstić information content (AvgIpc) is 2.95.